The Morgan fingerprint density at radius 1 is 1.06 bits per heavy atom. The largest absolute Gasteiger partial charge is 0.304 e. The minimum atomic E-state index is -2.65. The number of hydrogen-bond donors (Lipinski definition) is 0. The highest BCUT2D eigenvalue weighted by atomic mass is 32.2. The highest BCUT2D eigenvalue weighted by Crippen LogP contribution is 2.27. The molecule has 0 atom stereocenters. The first kappa shape index (κ1) is 26.7. The van der Waals surface area contributed by atoms with Crippen LogP contribution >= 0.6 is 11.9 Å². The summed E-state index contributed by atoms with van der Waals surface area (Å²) in [5.74, 6) is -0.392. The molecule has 6 nitrogen and oxygen atoms in total. The molecule has 0 aliphatic carbocycles. The lowest BCUT2D eigenvalue weighted by Gasteiger charge is -2.35. The van der Waals surface area contributed by atoms with Gasteiger partial charge in [-0.05, 0) is 44.0 Å². The number of anilines is 1. The van der Waals surface area contributed by atoms with Crippen molar-refractivity contribution in [3.8, 4) is 0 Å². The van der Waals surface area contributed by atoms with Crippen LogP contribution in [0.25, 0.3) is 0 Å². The summed E-state index contributed by atoms with van der Waals surface area (Å²) in [7, 11) is 2.15. The van der Waals surface area contributed by atoms with Gasteiger partial charge in [0.05, 0.1) is 17.9 Å². The highest BCUT2D eigenvalue weighted by Gasteiger charge is 2.23. The minimum Gasteiger partial charge on any atom is -0.304 e. The van der Waals surface area contributed by atoms with Gasteiger partial charge < -0.3 is 4.90 Å². The van der Waals surface area contributed by atoms with Gasteiger partial charge in [-0.1, -0.05) is 36.2 Å². The number of piperazine rings is 1. The molecule has 0 N–H and O–H groups in total. The van der Waals surface area contributed by atoms with Gasteiger partial charge in [0.2, 0.25) is 0 Å². The van der Waals surface area contributed by atoms with Crippen molar-refractivity contribution >= 4 is 29.1 Å². The number of hydrazine groups is 1. The zero-order chi connectivity index (χ0) is 25.7. The van der Waals surface area contributed by atoms with Gasteiger partial charge >= 0.3 is 0 Å². The Bertz CT molecular complexity index is 1100. The predicted molar refractivity (Wildman–Crippen MR) is 142 cm³/mol. The van der Waals surface area contributed by atoms with Crippen molar-refractivity contribution in [1.29, 1.82) is 0 Å². The summed E-state index contributed by atoms with van der Waals surface area (Å²) in [6.45, 7) is 8.26. The number of likely N-dealkylation sites (N-methyl/N-ethyl adjacent to an activating group) is 1. The molecule has 0 spiro atoms. The van der Waals surface area contributed by atoms with E-state index < -0.39 is 12.2 Å². The van der Waals surface area contributed by atoms with E-state index in [0.29, 0.717) is 23.4 Å². The third kappa shape index (κ3) is 6.47. The molecule has 0 aromatic heterocycles. The molecule has 194 valence electrons. The molecule has 10 heteroatoms. The molecule has 36 heavy (non-hydrogen) atoms. The Hall–Kier alpha value is -2.40. The van der Waals surface area contributed by atoms with Gasteiger partial charge in [-0.25, -0.2) is 13.2 Å². The second-order valence-corrected chi connectivity index (χ2v) is 9.87. The molecule has 2 aliphatic heterocycles. The molecule has 0 saturated carbocycles. The maximum absolute atomic E-state index is 15.2. The van der Waals surface area contributed by atoms with E-state index in [1.165, 1.54) is 11.6 Å². The summed E-state index contributed by atoms with van der Waals surface area (Å²) >= 11 is 1.58. The second kappa shape index (κ2) is 12.2. The molecule has 2 aliphatic rings. The monoisotopic (exact) mass is 518 g/mol. The molecule has 2 aromatic rings. The van der Waals surface area contributed by atoms with E-state index in [4.69, 9.17) is 0 Å². The summed E-state index contributed by atoms with van der Waals surface area (Å²) < 4.78 is 43.1. The van der Waals surface area contributed by atoms with Crippen LogP contribution in [0, 0.1) is 5.82 Å². The summed E-state index contributed by atoms with van der Waals surface area (Å²) in [5.41, 5.74) is 3.30. The van der Waals surface area contributed by atoms with E-state index >= 15 is 4.39 Å². The van der Waals surface area contributed by atoms with Crippen LogP contribution in [0.5, 0.6) is 0 Å². The van der Waals surface area contributed by atoms with Gasteiger partial charge in [0, 0.05) is 56.8 Å². The normalized spacial score (nSPS) is 17.1. The number of halogens is 3. The third-order valence-electron chi connectivity index (χ3n) is 6.57. The van der Waals surface area contributed by atoms with Gasteiger partial charge in [0.15, 0.2) is 0 Å². The van der Waals surface area contributed by atoms with Gasteiger partial charge in [-0.3, -0.25) is 9.91 Å². The van der Waals surface area contributed by atoms with Crippen molar-refractivity contribution in [2.45, 2.75) is 32.9 Å². The minimum absolute atomic E-state index is 0.0568. The lowest BCUT2D eigenvalue weighted by molar-refractivity contribution is 0.148. The van der Waals surface area contributed by atoms with Gasteiger partial charge in [-0.15, -0.1) is 0 Å². The van der Waals surface area contributed by atoms with Crippen molar-refractivity contribution < 1.29 is 13.2 Å². The van der Waals surface area contributed by atoms with Crippen molar-refractivity contribution in [3.63, 3.8) is 0 Å². The first-order chi connectivity index (χ1) is 17.4. The van der Waals surface area contributed by atoms with Crippen molar-refractivity contribution in [1.82, 2.24) is 14.2 Å². The summed E-state index contributed by atoms with van der Waals surface area (Å²) in [5, 5.41) is 9.46. The fourth-order valence-electron chi connectivity index (χ4n) is 4.44. The van der Waals surface area contributed by atoms with Crippen molar-refractivity contribution in [3.05, 3.63) is 65.0 Å². The number of rotatable bonds is 10. The fourth-order valence-corrected chi connectivity index (χ4v) is 5.05. The van der Waals surface area contributed by atoms with E-state index in [2.05, 4.69) is 67.7 Å². The van der Waals surface area contributed by atoms with E-state index in [-0.39, 0.29) is 12.1 Å². The zero-order valence-corrected chi connectivity index (χ0v) is 21.8. The molecule has 0 radical (unpaired) electrons. The third-order valence-corrected chi connectivity index (χ3v) is 7.44. The zero-order valence-electron chi connectivity index (χ0n) is 21.0. The predicted octanol–water partition coefficient (Wildman–Crippen LogP) is 4.91. The maximum Gasteiger partial charge on any atom is 0.278 e. The van der Waals surface area contributed by atoms with E-state index in [9.17, 15) is 8.78 Å². The smallest absolute Gasteiger partial charge is 0.278 e. The van der Waals surface area contributed by atoms with Crippen LogP contribution in [-0.2, 0) is 13.1 Å². The Morgan fingerprint density at radius 3 is 2.47 bits per heavy atom. The van der Waals surface area contributed by atoms with Gasteiger partial charge in [0.25, 0.3) is 6.43 Å². The quantitative estimate of drug-likeness (QED) is 0.330. The van der Waals surface area contributed by atoms with Crippen LogP contribution in [0.2, 0.25) is 0 Å². The number of hydrogen-bond acceptors (Lipinski definition) is 7. The topological polar surface area (TPSA) is 37.7 Å². The summed E-state index contributed by atoms with van der Waals surface area (Å²) in [6, 6.07) is 13.2. The van der Waals surface area contributed by atoms with Crippen molar-refractivity contribution in [2.24, 2.45) is 10.2 Å². The van der Waals surface area contributed by atoms with Crippen LogP contribution in [-0.4, -0.2) is 78.1 Å². The van der Waals surface area contributed by atoms with E-state index in [1.54, 1.807) is 24.1 Å². The Balaban J connectivity index is 1.52. The maximum atomic E-state index is 15.2. The molecular weight excluding hydrogens is 485 g/mol. The average Bonchev–Trinajstić information content (AvgIpc) is 3.37. The Morgan fingerprint density at radius 2 is 1.83 bits per heavy atom. The van der Waals surface area contributed by atoms with E-state index in [1.807, 2.05) is 6.26 Å². The van der Waals surface area contributed by atoms with Crippen molar-refractivity contribution in [2.75, 3.05) is 51.0 Å². The first-order valence-corrected chi connectivity index (χ1v) is 13.3. The first-order valence-electron chi connectivity index (χ1n) is 12.2. The molecule has 1 fully saturated rings. The summed E-state index contributed by atoms with van der Waals surface area (Å²) in [4.78, 5) is 4.80. The van der Waals surface area contributed by atoms with E-state index in [0.717, 1.165) is 45.0 Å². The van der Waals surface area contributed by atoms with Crippen LogP contribution in [0.1, 0.15) is 30.0 Å². The molecule has 2 heterocycles. The molecule has 0 unspecified atom stereocenters. The summed E-state index contributed by atoms with van der Waals surface area (Å²) in [6.07, 6.45) is -0.704. The second-order valence-electron chi connectivity index (χ2n) is 9.08. The fraction of sp³-hybridized carbons (Fsp3) is 0.462. The Labute approximate surface area is 215 Å². The molecule has 2 aromatic carbocycles. The number of alkyl halides is 2. The van der Waals surface area contributed by atoms with Crippen LogP contribution in [0.15, 0.2) is 52.7 Å². The van der Waals surface area contributed by atoms with Crippen LogP contribution in [0.4, 0.5) is 18.9 Å². The Kier molecular flexibility index (Phi) is 9.05. The lowest BCUT2D eigenvalue weighted by Crippen LogP contribution is -2.43. The average molecular weight is 519 g/mol. The highest BCUT2D eigenvalue weighted by molar-refractivity contribution is 7.96. The SMILES string of the molecule is CCN(SC)N(Cc1ccc(C2=NN=C(C(F)F)C2)cc1F)c1cccc(CN2CCN(C)CC2)c1. The van der Waals surface area contributed by atoms with Gasteiger partial charge in [0.1, 0.15) is 11.5 Å². The standard InChI is InChI=1S/C26H33F3N6S/c1-4-35(36-3)34(22-7-5-6-19(14-22)17-33-12-10-32(2)11-13-33)18-21-9-8-20(15-23(21)27)24-16-25(26(28)29)31-30-24/h5-9,14-15,26H,4,10-13,16-18H2,1-3H3. The number of benzene rings is 2. The molecule has 4 rings (SSSR count). The van der Waals surface area contributed by atoms with Crippen LogP contribution in [0.3, 0.4) is 0 Å². The molecule has 0 bridgehead atoms. The molecule has 0 amide bonds. The van der Waals surface area contributed by atoms with Crippen LogP contribution < -0.4 is 5.01 Å². The van der Waals surface area contributed by atoms with Gasteiger partial charge in [-0.2, -0.15) is 14.6 Å². The molecular formula is C26H33F3N6S. The molecule has 1 saturated heterocycles. The lowest BCUT2D eigenvalue weighted by atomic mass is 10.0. The number of nitrogens with zero attached hydrogens (tertiary/aromatic N) is 6.